The number of hydrogen-bond acceptors (Lipinski definition) is 4. The third kappa shape index (κ3) is 4.80. The van der Waals surface area contributed by atoms with Crippen LogP contribution in [0.1, 0.15) is 19.4 Å². The Morgan fingerprint density at radius 1 is 1.07 bits per heavy atom. The van der Waals surface area contributed by atoms with Gasteiger partial charge in [0.15, 0.2) is 0 Å². The monoisotopic (exact) mass is 461 g/mol. The summed E-state index contributed by atoms with van der Waals surface area (Å²) in [6.07, 6.45) is 2.03. The Labute approximate surface area is 192 Å². The first kappa shape index (κ1) is 21.6. The van der Waals surface area contributed by atoms with Crippen LogP contribution in [0.25, 0.3) is 6.08 Å². The van der Waals surface area contributed by atoms with Crippen molar-refractivity contribution in [2.75, 3.05) is 35.2 Å². The average Bonchev–Trinajstić information content (AvgIpc) is 2.68. The largest absolute Gasteiger partial charge is 0.368 e. The molecule has 2 atom stereocenters. The molecule has 7 heteroatoms. The number of piperazine rings is 1. The maximum Gasteiger partial charge on any atom is 0.264 e. The van der Waals surface area contributed by atoms with E-state index in [2.05, 4.69) is 42.3 Å². The van der Waals surface area contributed by atoms with Gasteiger partial charge in [-0.25, -0.2) is 0 Å². The lowest BCUT2D eigenvalue weighted by Gasteiger charge is -2.38. The van der Waals surface area contributed by atoms with Crippen molar-refractivity contribution < 1.29 is 4.79 Å². The molecule has 4 nitrogen and oxygen atoms in total. The SMILES string of the molecule is CC1CN(c2ccccc2/C=C2/SCCN(c3cc(Cl)cc(Cl)c3)C2=O)CC(C)N1. The van der Waals surface area contributed by atoms with Crippen LogP contribution in [0.2, 0.25) is 10.0 Å². The summed E-state index contributed by atoms with van der Waals surface area (Å²) in [6, 6.07) is 14.4. The van der Waals surface area contributed by atoms with Crippen LogP contribution in [-0.4, -0.2) is 43.4 Å². The highest BCUT2D eigenvalue weighted by Crippen LogP contribution is 2.34. The summed E-state index contributed by atoms with van der Waals surface area (Å²) in [4.78, 5) is 18.2. The van der Waals surface area contributed by atoms with Crippen molar-refractivity contribution in [1.82, 2.24) is 5.32 Å². The number of thioether (sulfide) groups is 1. The molecule has 2 fully saturated rings. The van der Waals surface area contributed by atoms with E-state index >= 15 is 0 Å². The van der Waals surface area contributed by atoms with E-state index in [1.54, 1.807) is 34.9 Å². The van der Waals surface area contributed by atoms with E-state index in [1.807, 2.05) is 12.1 Å². The first-order chi connectivity index (χ1) is 14.4. The van der Waals surface area contributed by atoms with E-state index in [0.717, 1.165) is 35.0 Å². The fourth-order valence-corrected chi connectivity index (χ4v) is 5.60. The van der Waals surface area contributed by atoms with Crippen LogP contribution >= 0.6 is 35.0 Å². The Kier molecular flexibility index (Phi) is 6.63. The number of rotatable bonds is 3. The van der Waals surface area contributed by atoms with E-state index < -0.39 is 0 Å². The van der Waals surface area contributed by atoms with Crippen LogP contribution in [0.4, 0.5) is 11.4 Å². The first-order valence-electron chi connectivity index (χ1n) is 10.1. The zero-order valence-corrected chi connectivity index (χ0v) is 19.4. The molecule has 4 rings (SSSR count). The molecule has 2 unspecified atom stereocenters. The van der Waals surface area contributed by atoms with Crippen LogP contribution < -0.4 is 15.1 Å². The van der Waals surface area contributed by atoms with E-state index in [-0.39, 0.29) is 5.91 Å². The summed E-state index contributed by atoms with van der Waals surface area (Å²) in [7, 11) is 0. The number of anilines is 2. The molecule has 0 aliphatic carbocycles. The van der Waals surface area contributed by atoms with Gasteiger partial charge in [-0.3, -0.25) is 4.79 Å². The highest BCUT2D eigenvalue weighted by atomic mass is 35.5. The standard InChI is InChI=1S/C23H25Cl2N3OS/c1-15-13-27(14-16(2)26-15)21-6-4-3-5-17(21)9-22-23(29)28(7-8-30-22)20-11-18(24)10-19(25)12-20/h3-6,9-12,15-16,26H,7-8,13-14H2,1-2H3/b22-9+. The second-order valence-electron chi connectivity index (χ2n) is 7.87. The highest BCUT2D eigenvalue weighted by molar-refractivity contribution is 8.04. The zero-order valence-electron chi connectivity index (χ0n) is 17.1. The van der Waals surface area contributed by atoms with Crippen LogP contribution in [-0.2, 0) is 4.79 Å². The number of benzene rings is 2. The van der Waals surface area contributed by atoms with Crippen molar-refractivity contribution in [3.05, 3.63) is 63.0 Å². The maximum atomic E-state index is 13.3. The summed E-state index contributed by atoms with van der Waals surface area (Å²) in [5.41, 5.74) is 2.98. The molecule has 2 aliphatic heterocycles. The Morgan fingerprint density at radius 2 is 1.73 bits per heavy atom. The van der Waals surface area contributed by atoms with Gasteiger partial charge in [0.25, 0.3) is 5.91 Å². The maximum absolute atomic E-state index is 13.3. The van der Waals surface area contributed by atoms with Crippen molar-refractivity contribution >= 4 is 58.3 Å². The van der Waals surface area contributed by atoms with Crippen molar-refractivity contribution in [3.8, 4) is 0 Å². The summed E-state index contributed by atoms with van der Waals surface area (Å²) in [5, 5.41) is 4.63. The van der Waals surface area contributed by atoms with Crippen molar-refractivity contribution in [3.63, 3.8) is 0 Å². The fraction of sp³-hybridized carbons (Fsp3) is 0.348. The molecule has 2 heterocycles. The lowest BCUT2D eigenvalue weighted by Crippen LogP contribution is -2.54. The minimum atomic E-state index is -0.0126. The van der Waals surface area contributed by atoms with E-state index in [4.69, 9.17) is 23.2 Å². The van der Waals surface area contributed by atoms with Crippen molar-refractivity contribution in [1.29, 1.82) is 0 Å². The van der Waals surface area contributed by atoms with Gasteiger partial charge in [-0.2, -0.15) is 0 Å². The lowest BCUT2D eigenvalue weighted by atomic mass is 10.1. The predicted octanol–water partition coefficient (Wildman–Crippen LogP) is 5.30. The zero-order chi connectivity index (χ0) is 21.3. The minimum Gasteiger partial charge on any atom is -0.368 e. The summed E-state index contributed by atoms with van der Waals surface area (Å²) < 4.78 is 0. The van der Waals surface area contributed by atoms with Gasteiger partial charge >= 0.3 is 0 Å². The Balaban J connectivity index is 1.64. The molecule has 2 saturated heterocycles. The van der Waals surface area contributed by atoms with Gasteiger partial charge in [0.2, 0.25) is 0 Å². The topological polar surface area (TPSA) is 35.6 Å². The van der Waals surface area contributed by atoms with E-state index in [1.165, 1.54) is 5.69 Å². The van der Waals surface area contributed by atoms with Gasteiger partial charge in [0.1, 0.15) is 0 Å². The third-order valence-corrected chi connectivity index (χ3v) is 6.74. The highest BCUT2D eigenvalue weighted by Gasteiger charge is 2.27. The molecule has 2 aliphatic rings. The summed E-state index contributed by atoms with van der Waals surface area (Å²) in [6.45, 7) is 6.93. The van der Waals surface area contributed by atoms with Crippen LogP contribution in [0.5, 0.6) is 0 Å². The van der Waals surface area contributed by atoms with Gasteiger partial charge in [-0.1, -0.05) is 41.4 Å². The molecule has 0 saturated carbocycles. The molecule has 30 heavy (non-hydrogen) atoms. The number of halogens is 2. The van der Waals surface area contributed by atoms with E-state index in [0.29, 0.717) is 28.7 Å². The average molecular weight is 462 g/mol. The van der Waals surface area contributed by atoms with Crippen LogP contribution in [0, 0.1) is 0 Å². The summed E-state index contributed by atoms with van der Waals surface area (Å²) in [5.74, 6) is 0.812. The molecule has 0 bridgehead atoms. The van der Waals surface area contributed by atoms with Gasteiger partial charge in [-0.05, 0) is 49.8 Å². The minimum absolute atomic E-state index is 0.0126. The normalized spacial score (nSPS) is 23.9. The first-order valence-corrected chi connectivity index (χ1v) is 11.9. The fourth-order valence-electron chi connectivity index (χ4n) is 4.15. The van der Waals surface area contributed by atoms with Gasteiger partial charge in [-0.15, -0.1) is 11.8 Å². The molecule has 2 aromatic carbocycles. The Morgan fingerprint density at radius 3 is 2.43 bits per heavy atom. The second-order valence-corrected chi connectivity index (χ2v) is 9.88. The van der Waals surface area contributed by atoms with Crippen molar-refractivity contribution in [2.24, 2.45) is 0 Å². The molecule has 158 valence electrons. The molecular formula is C23H25Cl2N3OS. The Hall–Kier alpha value is -1.66. The van der Waals surface area contributed by atoms with Gasteiger partial charge < -0.3 is 15.1 Å². The molecular weight excluding hydrogens is 437 g/mol. The predicted molar refractivity (Wildman–Crippen MR) is 130 cm³/mol. The lowest BCUT2D eigenvalue weighted by molar-refractivity contribution is -0.114. The van der Waals surface area contributed by atoms with Crippen molar-refractivity contribution in [2.45, 2.75) is 25.9 Å². The number of para-hydroxylation sites is 1. The molecule has 0 aromatic heterocycles. The molecule has 0 radical (unpaired) electrons. The number of carbonyl (C=O) groups is 1. The number of amides is 1. The molecule has 2 aromatic rings. The quantitative estimate of drug-likeness (QED) is 0.628. The molecule has 1 amide bonds. The Bertz CT molecular complexity index is 950. The number of nitrogens with zero attached hydrogens (tertiary/aromatic N) is 2. The molecule has 0 spiro atoms. The number of carbonyl (C=O) groups excluding carboxylic acids is 1. The number of nitrogens with one attached hydrogen (secondary N) is 1. The van der Waals surface area contributed by atoms with Gasteiger partial charge in [0.05, 0.1) is 4.91 Å². The smallest absolute Gasteiger partial charge is 0.264 e. The summed E-state index contributed by atoms with van der Waals surface area (Å²) >= 11 is 13.9. The van der Waals surface area contributed by atoms with Gasteiger partial charge in [0, 0.05) is 58.9 Å². The van der Waals surface area contributed by atoms with E-state index in [9.17, 15) is 4.79 Å². The van der Waals surface area contributed by atoms with Crippen LogP contribution in [0.15, 0.2) is 47.4 Å². The molecule has 1 N–H and O–H groups in total. The third-order valence-electron chi connectivity index (χ3n) is 5.31. The number of hydrogen-bond donors (Lipinski definition) is 1. The second kappa shape index (κ2) is 9.23. The van der Waals surface area contributed by atoms with Crippen LogP contribution in [0.3, 0.4) is 0 Å².